The number of halogens is 9. The summed E-state index contributed by atoms with van der Waals surface area (Å²) in [6, 6.07) is 8.36. The van der Waals surface area contributed by atoms with E-state index in [1.54, 1.807) is 24.3 Å². The molecule has 0 aliphatic rings. The first-order chi connectivity index (χ1) is 13.8. The fourth-order valence-electron chi connectivity index (χ4n) is 2.54. The maximum absolute atomic E-state index is 13.3. The smallest absolute Gasteiger partial charge is 0.460 e. The minimum absolute atomic E-state index is 0.0141. The lowest BCUT2D eigenvalue weighted by Crippen LogP contribution is -2.60. The molecule has 2 nitrogen and oxygen atoms in total. The van der Waals surface area contributed by atoms with Gasteiger partial charge in [0.05, 0.1) is 18.2 Å². The Labute approximate surface area is 167 Å². The Kier molecular flexibility index (Phi) is 8.87. The lowest BCUT2D eigenvalue weighted by molar-refractivity contribution is -0.396. The van der Waals surface area contributed by atoms with E-state index in [1.165, 1.54) is 0 Å². The summed E-state index contributed by atoms with van der Waals surface area (Å²) >= 11 is 0. The number of unbranched alkanes of at least 4 members (excludes halogenated alkanes) is 5. The summed E-state index contributed by atoms with van der Waals surface area (Å²) in [5, 5.41) is 8.67. The molecule has 0 radical (unpaired) electrons. The molecule has 170 valence electrons. The predicted molar refractivity (Wildman–Crippen MR) is 89.9 cm³/mol. The van der Waals surface area contributed by atoms with E-state index in [1.807, 2.05) is 6.07 Å². The van der Waals surface area contributed by atoms with Crippen LogP contribution in [0.5, 0.6) is 5.75 Å². The van der Waals surface area contributed by atoms with Crippen molar-refractivity contribution in [2.75, 3.05) is 6.61 Å². The first-order valence-electron chi connectivity index (χ1n) is 9.09. The molecule has 0 aromatic heterocycles. The second-order valence-electron chi connectivity index (χ2n) is 6.71. The van der Waals surface area contributed by atoms with E-state index in [-0.39, 0.29) is 6.42 Å². The standard InChI is InChI=1S/C19H20F9NO/c20-16(21,17(22,23)18(24,25)19(26,27)28)11-5-3-1-2-4-6-12-30-15-9-7-14(13-29)8-10-15/h7-10H,1-6,11-12H2. The molecular formula is C19H20F9NO. The maximum Gasteiger partial charge on any atom is 0.460 e. The number of ether oxygens (including phenoxy) is 1. The average molecular weight is 449 g/mol. The van der Waals surface area contributed by atoms with E-state index >= 15 is 0 Å². The van der Waals surface area contributed by atoms with E-state index in [0.29, 0.717) is 43.6 Å². The summed E-state index contributed by atoms with van der Waals surface area (Å²) in [4.78, 5) is 0. The highest BCUT2D eigenvalue weighted by Crippen LogP contribution is 2.54. The van der Waals surface area contributed by atoms with Crippen LogP contribution >= 0.6 is 0 Å². The highest BCUT2D eigenvalue weighted by atomic mass is 19.4. The van der Waals surface area contributed by atoms with E-state index in [9.17, 15) is 39.5 Å². The third-order valence-corrected chi connectivity index (χ3v) is 4.35. The fourth-order valence-corrected chi connectivity index (χ4v) is 2.54. The minimum atomic E-state index is -6.82. The lowest BCUT2D eigenvalue weighted by atomic mass is 9.98. The van der Waals surface area contributed by atoms with E-state index in [0.717, 1.165) is 0 Å². The number of alkyl halides is 9. The van der Waals surface area contributed by atoms with E-state index < -0.39 is 36.8 Å². The van der Waals surface area contributed by atoms with Crippen LogP contribution in [0, 0.1) is 11.3 Å². The van der Waals surface area contributed by atoms with Crippen molar-refractivity contribution in [3.63, 3.8) is 0 Å². The summed E-state index contributed by atoms with van der Waals surface area (Å²) in [5.74, 6) is -18.3. The third-order valence-electron chi connectivity index (χ3n) is 4.35. The van der Waals surface area contributed by atoms with E-state index in [4.69, 9.17) is 10.00 Å². The number of rotatable bonds is 12. The van der Waals surface area contributed by atoms with Crippen molar-refractivity contribution in [2.24, 2.45) is 0 Å². The highest BCUT2D eigenvalue weighted by molar-refractivity contribution is 5.34. The van der Waals surface area contributed by atoms with Gasteiger partial charge in [0, 0.05) is 6.42 Å². The van der Waals surface area contributed by atoms with Crippen LogP contribution in [-0.2, 0) is 0 Å². The normalized spacial score (nSPS) is 13.2. The molecule has 1 aromatic rings. The number of nitrogens with zero attached hydrogens (tertiary/aromatic N) is 1. The summed E-state index contributed by atoms with van der Waals surface area (Å²) in [5.41, 5.74) is 0.479. The van der Waals surface area contributed by atoms with Crippen molar-refractivity contribution in [1.29, 1.82) is 5.26 Å². The zero-order valence-corrected chi connectivity index (χ0v) is 15.7. The first kappa shape index (κ1) is 25.9. The van der Waals surface area contributed by atoms with Crippen LogP contribution in [0.2, 0.25) is 0 Å². The van der Waals surface area contributed by atoms with Gasteiger partial charge in [-0.2, -0.15) is 44.8 Å². The molecule has 0 atom stereocenters. The largest absolute Gasteiger partial charge is 0.494 e. The Bertz CT molecular complexity index is 693. The van der Waals surface area contributed by atoms with E-state index in [2.05, 4.69) is 0 Å². The topological polar surface area (TPSA) is 33.0 Å². The van der Waals surface area contributed by atoms with Gasteiger partial charge in [0.15, 0.2) is 0 Å². The van der Waals surface area contributed by atoms with Crippen LogP contribution < -0.4 is 4.74 Å². The Hall–Kier alpha value is -2.12. The summed E-state index contributed by atoms with van der Waals surface area (Å²) in [6.07, 6.45) is -7.10. The van der Waals surface area contributed by atoms with Crippen molar-refractivity contribution < 1.29 is 44.3 Å². The Morgan fingerprint density at radius 1 is 0.700 bits per heavy atom. The van der Waals surface area contributed by atoms with Gasteiger partial charge >= 0.3 is 23.9 Å². The van der Waals surface area contributed by atoms with Crippen molar-refractivity contribution in [3.8, 4) is 11.8 Å². The Morgan fingerprint density at radius 2 is 1.20 bits per heavy atom. The van der Waals surface area contributed by atoms with Gasteiger partial charge in [0.25, 0.3) is 0 Å². The second-order valence-corrected chi connectivity index (χ2v) is 6.71. The van der Waals surface area contributed by atoms with Gasteiger partial charge in [0.2, 0.25) is 0 Å². The monoisotopic (exact) mass is 449 g/mol. The van der Waals surface area contributed by atoms with Crippen LogP contribution in [0.4, 0.5) is 39.5 Å². The summed E-state index contributed by atoms with van der Waals surface area (Å²) in [7, 11) is 0. The third kappa shape index (κ3) is 6.44. The van der Waals surface area contributed by atoms with Crippen molar-refractivity contribution >= 4 is 0 Å². The van der Waals surface area contributed by atoms with Gasteiger partial charge in [-0.15, -0.1) is 0 Å². The van der Waals surface area contributed by atoms with Crippen LogP contribution in [0.3, 0.4) is 0 Å². The predicted octanol–water partition coefficient (Wildman–Crippen LogP) is 7.14. The number of hydrogen-bond donors (Lipinski definition) is 0. The molecule has 0 bridgehead atoms. The molecule has 0 N–H and O–H groups in total. The van der Waals surface area contributed by atoms with Gasteiger partial charge in [-0.3, -0.25) is 0 Å². The van der Waals surface area contributed by atoms with Crippen LogP contribution in [0.1, 0.15) is 50.5 Å². The van der Waals surface area contributed by atoms with Gasteiger partial charge in [-0.1, -0.05) is 25.7 Å². The summed E-state index contributed by atoms with van der Waals surface area (Å²) in [6.45, 7) is 0.350. The Morgan fingerprint density at radius 3 is 1.70 bits per heavy atom. The molecule has 0 aliphatic carbocycles. The van der Waals surface area contributed by atoms with Gasteiger partial charge in [-0.25, -0.2) is 0 Å². The van der Waals surface area contributed by atoms with Crippen molar-refractivity contribution in [2.45, 2.75) is 68.9 Å². The molecule has 0 saturated carbocycles. The fraction of sp³-hybridized carbons (Fsp3) is 0.632. The number of nitriles is 1. The molecule has 0 spiro atoms. The molecule has 11 heteroatoms. The molecule has 1 rings (SSSR count). The molecule has 1 aromatic carbocycles. The zero-order valence-electron chi connectivity index (χ0n) is 15.7. The van der Waals surface area contributed by atoms with Gasteiger partial charge in [0.1, 0.15) is 5.75 Å². The zero-order chi connectivity index (χ0) is 23.1. The second kappa shape index (κ2) is 10.3. The molecule has 30 heavy (non-hydrogen) atoms. The van der Waals surface area contributed by atoms with Crippen LogP contribution in [-0.4, -0.2) is 30.6 Å². The molecule has 0 aliphatic heterocycles. The van der Waals surface area contributed by atoms with Crippen LogP contribution in [0.15, 0.2) is 24.3 Å². The SMILES string of the molecule is N#Cc1ccc(OCCCCCCCCC(F)(F)C(F)(F)C(F)(F)C(F)(F)F)cc1. The van der Waals surface area contributed by atoms with Crippen molar-refractivity contribution in [1.82, 2.24) is 0 Å². The molecule has 0 saturated heterocycles. The minimum Gasteiger partial charge on any atom is -0.494 e. The van der Waals surface area contributed by atoms with Gasteiger partial charge in [-0.05, 0) is 37.1 Å². The number of benzene rings is 1. The number of hydrogen-bond acceptors (Lipinski definition) is 2. The molecular weight excluding hydrogens is 429 g/mol. The maximum atomic E-state index is 13.3. The molecule has 0 heterocycles. The average Bonchev–Trinajstić information content (AvgIpc) is 2.65. The quantitative estimate of drug-likeness (QED) is 0.251. The van der Waals surface area contributed by atoms with Crippen molar-refractivity contribution in [3.05, 3.63) is 29.8 Å². The lowest BCUT2D eigenvalue weighted by Gasteiger charge is -2.33. The molecule has 0 fully saturated rings. The highest BCUT2D eigenvalue weighted by Gasteiger charge is 2.81. The molecule has 0 unspecified atom stereocenters. The first-order valence-corrected chi connectivity index (χ1v) is 9.09. The van der Waals surface area contributed by atoms with Crippen LogP contribution in [0.25, 0.3) is 0 Å². The summed E-state index contributed by atoms with van der Waals surface area (Å²) < 4.78 is 120. The van der Waals surface area contributed by atoms with Gasteiger partial charge < -0.3 is 4.74 Å². The Balaban J connectivity index is 2.25. The molecule has 0 amide bonds.